The second-order valence-corrected chi connectivity index (χ2v) is 3.75. The second kappa shape index (κ2) is 7.62. The van der Waals surface area contributed by atoms with Crippen molar-refractivity contribution in [2.24, 2.45) is 16.8 Å². The largest absolute Gasteiger partial charge is 0.409 e. The molecule has 0 amide bonds. The van der Waals surface area contributed by atoms with Gasteiger partial charge in [-0.05, 0) is 12.5 Å². The molecule has 0 spiro atoms. The molecule has 0 saturated heterocycles. The molecule has 0 aromatic heterocycles. The molecule has 0 aromatic carbocycles. The molecule has 0 aromatic rings. The standard InChI is InChI=1S/C10H23N3O/c1-4-9(3)8-13(5-2)7-6-10(11)12-14/h9,14H,4-8H2,1-3H3,(H2,11,12). The highest BCUT2D eigenvalue weighted by Gasteiger charge is 2.07. The number of hydrogen-bond acceptors (Lipinski definition) is 3. The van der Waals surface area contributed by atoms with Crippen molar-refractivity contribution in [1.29, 1.82) is 0 Å². The lowest BCUT2D eigenvalue weighted by Crippen LogP contribution is -2.31. The fourth-order valence-corrected chi connectivity index (χ4v) is 1.27. The normalized spacial score (nSPS) is 14.7. The maximum atomic E-state index is 8.39. The Morgan fingerprint density at radius 2 is 2.14 bits per heavy atom. The molecule has 0 bridgehead atoms. The molecule has 0 fully saturated rings. The van der Waals surface area contributed by atoms with E-state index < -0.39 is 0 Å². The van der Waals surface area contributed by atoms with Crippen LogP contribution >= 0.6 is 0 Å². The van der Waals surface area contributed by atoms with Crippen LogP contribution in [-0.4, -0.2) is 35.6 Å². The molecular formula is C10H23N3O. The van der Waals surface area contributed by atoms with Crippen LogP contribution in [-0.2, 0) is 0 Å². The van der Waals surface area contributed by atoms with Gasteiger partial charge in [-0.15, -0.1) is 0 Å². The Labute approximate surface area is 86.8 Å². The topological polar surface area (TPSA) is 61.8 Å². The molecule has 0 aliphatic rings. The Morgan fingerprint density at radius 3 is 2.57 bits per heavy atom. The van der Waals surface area contributed by atoms with Crippen molar-refractivity contribution in [1.82, 2.24) is 4.90 Å². The highest BCUT2D eigenvalue weighted by atomic mass is 16.4. The molecule has 0 heterocycles. The minimum Gasteiger partial charge on any atom is -0.409 e. The lowest BCUT2D eigenvalue weighted by molar-refractivity contribution is 0.250. The highest BCUT2D eigenvalue weighted by molar-refractivity contribution is 5.79. The van der Waals surface area contributed by atoms with Crippen molar-refractivity contribution in [3.8, 4) is 0 Å². The predicted molar refractivity (Wildman–Crippen MR) is 59.6 cm³/mol. The van der Waals surface area contributed by atoms with E-state index in [1.54, 1.807) is 0 Å². The molecule has 4 heteroatoms. The summed E-state index contributed by atoms with van der Waals surface area (Å²) in [7, 11) is 0. The van der Waals surface area contributed by atoms with Crippen LogP contribution in [0.15, 0.2) is 5.16 Å². The molecule has 3 N–H and O–H groups in total. The van der Waals surface area contributed by atoms with E-state index in [1.807, 2.05) is 0 Å². The smallest absolute Gasteiger partial charge is 0.140 e. The molecule has 1 atom stereocenters. The first-order chi connectivity index (χ1) is 6.63. The van der Waals surface area contributed by atoms with E-state index in [2.05, 4.69) is 30.8 Å². The van der Waals surface area contributed by atoms with E-state index in [9.17, 15) is 0 Å². The number of nitrogens with zero attached hydrogens (tertiary/aromatic N) is 2. The van der Waals surface area contributed by atoms with Crippen LogP contribution < -0.4 is 5.73 Å². The molecule has 0 aliphatic heterocycles. The van der Waals surface area contributed by atoms with Gasteiger partial charge in [-0.25, -0.2) is 0 Å². The van der Waals surface area contributed by atoms with Gasteiger partial charge in [-0.3, -0.25) is 0 Å². The summed E-state index contributed by atoms with van der Waals surface area (Å²) >= 11 is 0. The Bertz CT molecular complexity index is 171. The fourth-order valence-electron chi connectivity index (χ4n) is 1.27. The monoisotopic (exact) mass is 201 g/mol. The molecule has 4 nitrogen and oxygen atoms in total. The minimum absolute atomic E-state index is 0.313. The molecule has 1 unspecified atom stereocenters. The van der Waals surface area contributed by atoms with Crippen molar-refractivity contribution in [3.05, 3.63) is 0 Å². The molecule has 14 heavy (non-hydrogen) atoms. The van der Waals surface area contributed by atoms with Gasteiger partial charge in [0.2, 0.25) is 0 Å². The fraction of sp³-hybridized carbons (Fsp3) is 0.900. The van der Waals surface area contributed by atoms with Crippen molar-refractivity contribution in [3.63, 3.8) is 0 Å². The summed E-state index contributed by atoms with van der Waals surface area (Å²) in [6.45, 7) is 9.55. The SMILES string of the molecule is CCC(C)CN(CC)CCC(N)=NO. The first-order valence-corrected chi connectivity index (χ1v) is 5.32. The van der Waals surface area contributed by atoms with Crippen LogP contribution in [0.4, 0.5) is 0 Å². The van der Waals surface area contributed by atoms with Gasteiger partial charge in [0.15, 0.2) is 0 Å². The summed E-state index contributed by atoms with van der Waals surface area (Å²) in [6.07, 6.45) is 1.83. The van der Waals surface area contributed by atoms with E-state index in [1.165, 1.54) is 6.42 Å². The zero-order chi connectivity index (χ0) is 11.0. The maximum absolute atomic E-state index is 8.39. The van der Waals surface area contributed by atoms with Gasteiger partial charge < -0.3 is 15.8 Å². The van der Waals surface area contributed by atoms with Crippen LogP contribution in [0.5, 0.6) is 0 Å². The van der Waals surface area contributed by atoms with Gasteiger partial charge in [0.25, 0.3) is 0 Å². The van der Waals surface area contributed by atoms with Crippen molar-refractivity contribution in [2.45, 2.75) is 33.6 Å². The number of amidine groups is 1. The Kier molecular flexibility index (Phi) is 7.20. The average Bonchev–Trinajstić information content (AvgIpc) is 2.22. The summed E-state index contributed by atoms with van der Waals surface area (Å²) in [6, 6.07) is 0. The predicted octanol–water partition coefficient (Wildman–Crippen LogP) is 1.49. The van der Waals surface area contributed by atoms with Gasteiger partial charge in [-0.1, -0.05) is 32.3 Å². The molecule has 0 radical (unpaired) electrons. The summed E-state index contributed by atoms with van der Waals surface area (Å²) < 4.78 is 0. The minimum atomic E-state index is 0.313. The summed E-state index contributed by atoms with van der Waals surface area (Å²) in [5.41, 5.74) is 5.41. The number of hydrogen-bond donors (Lipinski definition) is 2. The molecule has 84 valence electrons. The molecule has 0 rings (SSSR count). The number of oxime groups is 1. The van der Waals surface area contributed by atoms with Gasteiger partial charge in [0, 0.05) is 19.5 Å². The average molecular weight is 201 g/mol. The van der Waals surface area contributed by atoms with Gasteiger partial charge in [0.05, 0.1) is 0 Å². The van der Waals surface area contributed by atoms with Crippen molar-refractivity contribution in [2.75, 3.05) is 19.6 Å². The lowest BCUT2D eigenvalue weighted by Gasteiger charge is -2.23. The number of rotatable bonds is 7. The van der Waals surface area contributed by atoms with E-state index >= 15 is 0 Å². The number of nitrogens with two attached hydrogens (primary N) is 1. The molecule has 0 aliphatic carbocycles. The van der Waals surface area contributed by atoms with Crippen LogP contribution in [0.1, 0.15) is 33.6 Å². The van der Waals surface area contributed by atoms with Crippen LogP contribution in [0, 0.1) is 5.92 Å². The molecule has 0 saturated carbocycles. The van der Waals surface area contributed by atoms with Crippen LogP contribution in [0.25, 0.3) is 0 Å². The molecular weight excluding hydrogens is 178 g/mol. The van der Waals surface area contributed by atoms with E-state index in [4.69, 9.17) is 10.9 Å². The Hall–Kier alpha value is -0.770. The summed E-state index contributed by atoms with van der Waals surface area (Å²) in [4.78, 5) is 2.33. The van der Waals surface area contributed by atoms with Gasteiger partial charge in [0.1, 0.15) is 5.84 Å². The Balaban J connectivity index is 3.79. The van der Waals surface area contributed by atoms with Gasteiger partial charge >= 0.3 is 0 Å². The van der Waals surface area contributed by atoms with E-state index in [-0.39, 0.29) is 0 Å². The summed E-state index contributed by atoms with van der Waals surface area (Å²) in [5.74, 6) is 1.02. The van der Waals surface area contributed by atoms with E-state index in [0.29, 0.717) is 18.2 Å². The van der Waals surface area contributed by atoms with Crippen molar-refractivity contribution >= 4 is 5.84 Å². The third kappa shape index (κ3) is 5.80. The van der Waals surface area contributed by atoms with Crippen molar-refractivity contribution < 1.29 is 5.21 Å². The maximum Gasteiger partial charge on any atom is 0.140 e. The Morgan fingerprint density at radius 1 is 1.50 bits per heavy atom. The third-order valence-corrected chi connectivity index (χ3v) is 2.53. The lowest BCUT2D eigenvalue weighted by atomic mass is 10.1. The van der Waals surface area contributed by atoms with Gasteiger partial charge in [-0.2, -0.15) is 0 Å². The summed E-state index contributed by atoms with van der Waals surface area (Å²) in [5, 5.41) is 11.4. The first-order valence-electron chi connectivity index (χ1n) is 5.32. The first kappa shape index (κ1) is 13.2. The second-order valence-electron chi connectivity index (χ2n) is 3.75. The zero-order valence-electron chi connectivity index (χ0n) is 9.53. The highest BCUT2D eigenvalue weighted by Crippen LogP contribution is 2.04. The van der Waals surface area contributed by atoms with Crippen LogP contribution in [0.2, 0.25) is 0 Å². The zero-order valence-corrected chi connectivity index (χ0v) is 9.53. The quantitative estimate of drug-likeness (QED) is 0.284. The third-order valence-electron chi connectivity index (χ3n) is 2.53. The van der Waals surface area contributed by atoms with E-state index in [0.717, 1.165) is 19.6 Å². The van der Waals surface area contributed by atoms with Crippen LogP contribution in [0.3, 0.4) is 0 Å².